The molecule has 0 fully saturated rings. The van der Waals surface area contributed by atoms with Crippen molar-refractivity contribution in [2.45, 2.75) is 6.42 Å². The smallest absolute Gasteiger partial charge is 0.169 e. The molecule has 0 amide bonds. The lowest BCUT2D eigenvalue weighted by Gasteiger charge is -2.06. The van der Waals surface area contributed by atoms with E-state index in [1.54, 1.807) is 13.3 Å². The van der Waals surface area contributed by atoms with Gasteiger partial charge in [-0.15, -0.1) is 0 Å². The van der Waals surface area contributed by atoms with Gasteiger partial charge in [0.2, 0.25) is 0 Å². The van der Waals surface area contributed by atoms with E-state index in [0.29, 0.717) is 12.0 Å². The first-order valence-electron chi connectivity index (χ1n) is 6.78. The topological polar surface area (TPSA) is 39.2 Å². The van der Waals surface area contributed by atoms with E-state index in [-0.39, 0.29) is 5.78 Å². The molecule has 0 saturated heterocycles. The molecule has 0 bridgehead atoms. The van der Waals surface area contributed by atoms with Gasteiger partial charge >= 0.3 is 0 Å². The summed E-state index contributed by atoms with van der Waals surface area (Å²) in [6, 6.07) is 17.1. The molecule has 3 rings (SSSR count). The molecule has 0 aliphatic carbocycles. The monoisotopic (exact) mass is 277 g/mol. The molecule has 0 atom stereocenters. The van der Waals surface area contributed by atoms with Crippen molar-refractivity contribution in [1.29, 1.82) is 0 Å². The van der Waals surface area contributed by atoms with Gasteiger partial charge in [-0.1, -0.05) is 30.3 Å². The van der Waals surface area contributed by atoms with Crippen molar-refractivity contribution in [3.05, 3.63) is 71.9 Å². The summed E-state index contributed by atoms with van der Waals surface area (Å²) in [5.74, 6) is 0.863. The lowest BCUT2D eigenvalue weighted by Crippen LogP contribution is -2.05. The average Bonchev–Trinajstić information content (AvgIpc) is 2.55. The van der Waals surface area contributed by atoms with Crippen molar-refractivity contribution in [2.75, 3.05) is 7.11 Å². The highest BCUT2D eigenvalue weighted by atomic mass is 16.5. The number of methoxy groups -OCH3 is 1. The van der Waals surface area contributed by atoms with Gasteiger partial charge in [0.05, 0.1) is 12.6 Å². The molecule has 21 heavy (non-hydrogen) atoms. The normalized spacial score (nSPS) is 10.5. The number of carbonyl (C=O) groups excluding carboxylic acids is 1. The van der Waals surface area contributed by atoms with Gasteiger partial charge < -0.3 is 4.74 Å². The third-order valence-corrected chi connectivity index (χ3v) is 3.46. The summed E-state index contributed by atoms with van der Waals surface area (Å²) in [4.78, 5) is 16.8. The van der Waals surface area contributed by atoms with Crippen LogP contribution in [0.2, 0.25) is 0 Å². The molecule has 0 N–H and O–H groups in total. The van der Waals surface area contributed by atoms with Crippen molar-refractivity contribution in [3.63, 3.8) is 0 Å². The van der Waals surface area contributed by atoms with Gasteiger partial charge in [-0.2, -0.15) is 0 Å². The van der Waals surface area contributed by atoms with Crippen LogP contribution in [-0.4, -0.2) is 17.9 Å². The van der Waals surface area contributed by atoms with Crippen molar-refractivity contribution >= 4 is 16.7 Å². The Bertz CT molecular complexity index is 773. The summed E-state index contributed by atoms with van der Waals surface area (Å²) in [6.07, 6.45) is 2.08. The SMILES string of the molecule is COc1ccc(CC(=O)c2cccc3cccnc23)cc1. The molecule has 3 nitrogen and oxygen atoms in total. The molecule has 0 saturated carbocycles. The largest absolute Gasteiger partial charge is 0.497 e. The number of rotatable bonds is 4. The van der Waals surface area contributed by atoms with Crippen LogP contribution in [0.25, 0.3) is 10.9 Å². The first-order chi connectivity index (χ1) is 10.3. The summed E-state index contributed by atoms with van der Waals surface area (Å²) in [6.45, 7) is 0. The fraction of sp³-hybridized carbons (Fsp3) is 0.111. The Labute approximate surface area is 123 Å². The third-order valence-electron chi connectivity index (χ3n) is 3.46. The molecule has 3 heteroatoms. The van der Waals surface area contributed by atoms with E-state index in [1.807, 2.05) is 54.6 Å². The van der Waals surface area contributed by atoms with Crippen LogP contribution in [0.3, 0.4) is 0 Å². The quantitative estimate of drug-likeness (QED) is 0.683. The second-order valence-corrected chi connectivity index (χ2v) is 4.83. The second kappa shape index (κ2) is 5.75. The third kappa shape index (κ3) is 2.77. The van der Waals surface area contributed by atoms with E-state index in [9.17, 15) is 4.79 Å². The highest BCUT2D eigenvalue weighted by Crippen LogP contribution is 2.19. The van der Waals surface area contributed by atoms with E-state index in [4.69, 9.17) is 4.74 Å². The van der Waals surface area contributed by atoms with E-state index < -0.39 is 0 Å². The van der Waals surface area contributed by atoms with Gasteiger partial charge in [0.15, 0.2) is 5.78 Å². The maximum Gasteiger partial charge on any atom is 0.169 e. The Morgan fingerprint density at radius 3 is 2.57 bits per heavy atom. The lowest BCUT2D eigenvalue weighted by atomic mass is 10.0. The molecule has 0 aliphatic heterocycles. The molecular formula is C18H15NO2. The Hall–Kier alpha value is -2.68. The van der Waals surface area contributed by atoms with Gasteiger partial charge in [-0.05, 0) is 29.8 Å². The number of ether oxygens (including phenoxy) is 1. The van der Waals surface area contributed by atoms with E-state index >= 15 is 0 Å². The number of carbonyl (C=O) groups is 1. The maximum atomic E-state index is 12.5. The predicted octanol–water partition coefficient (Wildman–Crippen LogP) is 3.67. The maximum absolute atomic E-state index is 12.5. The van der Waals surface area contributed by atoms with E-state index in [1.165, 1.54) is 0 Å². The molecule has 1 heterocycles. The van der Waals surface area contributed by atoms with Gasteiger partial charge in [-0.3, -0.25) is 9.78 Å². The van der Waals surface area contributed by atoms with Crippen LogP contribution in [0.1, 0.15) is 15.9 Å². The average molecular weight is 277 g/mol. The number of benzene rings is 2. The molecule has 1 aromatic heterocycles. The predicted molar refractivity (Wildman–Crippen MR) is 82.8 cm³/mol. The Morgan fingerprint density at radius 1 is 1.05 bits per heavy atom. The first-order valence-corrected chi connectivity index (χ1v) is 6.78. The van der Waals surface area contributed by atoms with Crippen LogP contribution in [0.15, 0.2) is 60.8 Å². The van der Waals surface area contributed by atoms with Crippen LogP contribution < -0.4 is 4.74 Å². The van der Waals surface area contributed by atoms with Gasteiger partial charge in [0.1, 0.15) is 5.75 Å². The summed E-state index contributed by atoms with van der Waals surface area (Å²) in [7, 11) is 1.63. The van der Waals surface area contributed by atoms with Crippen molar-refractivity contribution in [2.24, 2.45) is 0 Å². The Balaban J connectivity index is 1.90. The lowest BCUT2D eigenvalue weighted by molar-refractivity contribution is 0.0994. The number of hydrogen-bond donors (Lipinski definition) is 0. The van der Waals surface area contributed by atoms with Crippen LogP contribution in [0, 0.1) is 0 Å². The minimum atomic E-state index is 0.0736. The summed E-state index contributed by atoms with van der Waals surface area (Å²) in [5.41, 5.74) is 2.40. The van der Waals surface area contributed by atoms with Crippen LogP contribution in [0.5, 0.6) is 5.75 Å². The summed E-state index contributed by atoms with van der Waals surface area (Å²) in [5, 5.41) is 0.984. The van der Waals surface area contributed by atoms with E-state index in [0.717, 1.165) is 22.2 Å². The first kappa shape index (κ1) is 13.3. The molecule has 0 unspecified atom stereocenters. The molecule has 3 aromatic rings. The number of nitrogens with zero attached hydrogens (tertiary/aromatic N) is 1. The number of fused-ring (bicyclic) bond motifs is 1. The number of pyridine rings is 1. The standard InChI is InChI=1S/C18H15NO2/c1-21-15-9-7-13(8-10-15)12-17(20)16-6-2-4-14-5-3-11-19-18(14)16/h2-11H,12H2,1H3. The van der Waals surface area contributed by atoms with Crippen LogP contribution in [0.4, 0.5) is 0 Å². The van der Waals surface area contributed by atoms with Crippen molar-refractivity contribution < 1.29 is 9.53 Å². The number of hydrogen-bond acceptors (Lipinski definition) is 3. The van der Waals surface area contributed by atoms with Gasteiger partial charge in [-0.25, -0.2) is 0 Å². The molecular weight excluding hydrogens is 262 g/mol. The van der Waals surface area contributed by atoms with Gasteiger partial charge in [0, 0.05) is 23.6 Å². The number of ketones is 1. The molecule has 0 spiro atoms. The van der Waals surface area contributed by atoms with Crippen molar-refractivity contribution in [3.8, 4) is 5.75 Å². The second-order valence-electron chi connectivity index (χ2n) is 4.83. The van der Waals surface area contributed by atoms with Crippen LogP contribution in [-0.2, 0) is 6.42 Å². The zero-order chi connectivity index (χ0) is 14.7. The minimum Gasteiger partial charge on any atom is -0.497 e. The molecule has 0 aliphatic rings. The molecule has 0 radical (unpaired) electrons. The van der Waals surface area contributed by atoms with E-state index in [2.05, 4.69) is 4.98 Å². The Morgan fingerprint density at radius 2 is 1.81 bits per heavy atom. The fourth-order valence-electron chi connectivity index (χ4n) is 2.35. The number of aromatic nitrogens is 1. The Kier molecular flexibility index (Phi) is 3.65. The van der Waals surface area contributed by atoms with Gasteiger partial charge in [0.25, 0.3) is 0 Å². The summed E-state index contributed by atoms with van der Waals surface area (Å²) >= 11 is 0. The number of para-hydroxylation sites is 1. The highest BCUT2D eigenvalue weighted by Gasteiger charge is 2.11. The minimum absolute atomic E-state index is 0.0736. The van der Waals surface area contributed by atoms with Crippen LogP contribution >= 0.6 is 0 Å². The zero-order valence-corrected chi connectivity index (χ0v) is 11.7. The number of Topliss-reactive ketones (excluding diaryl/α,β-unsaturated/α-hetero) is 1. The molecule has 104 valence electrons. The molecule has 2 aromatic carbocycles. The summed E-state index contributed by atoms with van der Waals surface area (Å²) < 4.78 is 5.12. The fourth-order valence-corrected chi connectivity index (χ4v) is 2.35. The highest BCUT2D eigenvalue weighted by molar-refractivity contribution is 6.07. The zero-order valence-electron chi connectivity index (χ0n) is 11.7. The van der Waals surface area contributed by atoms with Crippen molar-refractivity contribution in [1.82, 2.24) is 4.98 Å².